The summed E-state index contributed by atoms with van der Waals surface area (Å²) in [7, 11) is 0. The first-order valence-electron chi connectivity index (χ1n) is 5.65. The summed E-state index contributed by atoms with van der Waals surface area (Å²) in [5.41, 5.74) is 0.769. The van der Waals surface area contributed by atoms with Gasteiger partial charge in [-0.3, -0.25) is 4.79 Å². The second-order valence-electron chi connectivity index (χ2n) is 3.79. The topological polar surface area (TPSA) is 66.9 Å². The minimum absolute atomic E-state index is 0.131. The number of benzene rings is 1. The summed E-state index contributed by atoms with van der Waals surface area (Å²) in [5.74, 6) is 0.307. The molecule has 1 aromatic heterocycles. The molecule has 1 aromatic carbocycles. The van der Waals surface area contributed by atoms with Crippen molar-refractivity contribution in [1.29, 1.82) is 0 Å². The smallest absolute Gasteiger partial charge is 0.246 e. The summed E-state index contributed by atoms with van der Waals surface area (Å²) < 4.78 is 0. The number of hydrogen-bond acceptors (Lipinski definition) is 4. The van der Waals surface area contributed by atoms with Crippen LogP contribution in [0.5, 0.6) is 0 Å². The van der Waals surface area contributed by atoms with E-state index in [1.807, 2.05) is 30.3 Å². The molecule has 5 heteroatoms. The summed E-state index contributed by atoms with van der Waals surface area (Å²) in [4.78, 5) is 19.9. The molecule has 92 valence electrons. The van der Waals surface area contributed by atoms with E-state index < -0.39 is 6.04 Å². The van der Waals surface area contributed by atoms with Gasteiger partial charge in [0.25, 0.3) is 0 Å². The predicted molar refractivity (Wildman–Crippen MR) is 70.2 cm³/mol. The minimum atomic E-state index is -0.410. The van der Waals surface area contributed by atoms with Gasteiger partial charge in [0.05, 0.1) is 0 Å². The van der Waals surface area contributed by atoms with Gasteiger partial charge in [-0.15, -0.1) is 0 Å². The van der Waals surface area contributed by atoms with Crippen LogP contribution in [0.4, 0.5) is 11.6 Å². The van der Waals surface area contributed by atoms with Crippen LogP contribution in [0, 0.1) is 0 Å². The van der Waals surface area contributed by atoms with Crippen LogP contribution in [-0.2, 0) is 4.79 Å². The highest BCUT2D eigenvalue weighted by Gasteiger charge is 2.13. The van der Waals surface area contributed by atoms with Gasteiger partial charge in [0.1, 0.15) is 6.04 Å². The molecule has 18 heavy (non-hydrogen) atoms. The molecule has 1 amide bonds. The van der Waals surface area contributed by atoms with Crippen LogP contribution in [0.15, 0.2) is 48.8 Å². The second-order valence-corrected chi connectivity index (χ2v) is 3.79. The molecule has 2 aromatic rings. The number of carbonyl (C=O) groups excluding carboxylic acids is 1. The fourth-order valence-corrected chi connectivity index (χ4v) is 1.40. The summed E-state index contributed by atoms with van der Waals surface area (Å²) in [6, 6.07) is 10.6. The molecule has 1 atom stereocenters. The van der Waals surface area contributed by atoms with Crippen molar-refractivity contribution in [3.8, 4) is 0 Å². The molecule has 0 radical (unpaired) electrons. The third kappa shape index (κ3) is 3.28. The molecular weight excluding hydrogens is 228 g/mol. The lowest BCUT2D eigenvalue weighted by Crippen LogP contribution is -2.32. The molecule has 0 bridgehead atoms. The summed E-state index contributed by atoms with van der Waals surface area (Å²) >= 11 is 0. The predicted octanol–water partition coefficient (Wildman–Crippen LogP) is 1.92. The highest BCUT2D eigenvalue weighted by molar-refractivity contribution is 5.95. The minimum Gasteiger partial charge on any atom is -0.343 e. The van der Waals surface area contributed by atoms with Crippen molar-refractivity contribution in [2.24, 2.45) is 0 Å². The van der Waals surface area contributed by atoms with Gasteiger partial charge >= 0.3 is 0 Å². The second kappa shape index (κ2) is 5.77. The van der Waals surface area contributed by atoms with E-state index in [-0.39, 0.29) is 5.91 Å². The van der Waals surface area contributed by atoms with Crippen molar-refractivity contribution in [1.82, 2.24) is 9.97 Å². The quantitative estimate of drug-likeness (QED) is 0.859. The van der Waals surface area contributed by atoms with Crippen LogP contribution in [0.3, 0.4) is 0 Å². The van der Waals surface area contributed by atoms with E-state index in [1.54, 1.807) is 25.4 Å². The first-order chi connectivity index (χ1) is 8.75. The zero-order valence-electron chi connectivity index (χ0n) is 10.00. The Morgan fingerprint density at radius 1 is 1.11 bits per heavy atom. The van der Waals surface area contributed by atoms with Gasteiger partial charge in [0.2, 0.25) is 11.9 Å². The lowest BCUT2D eigenvalue weighted by molar-refractivity contribution is -0.116. The van der Waals surface area contributed by atoms with Crippen LogP contribution in [-0.4, -0.2) is 21.9 Å². The van der Waals surface area contributed by atoms with Crippen molar-refractivity contribution in [3.63, 3.8) is 0 Å². The zero-order chi connectivity index (χ0) is 12.8. The van der Waals surface area contributed by atoms with Gasteiger partial charge in [0, 0.05) is 18.1 Å². The molecule has 0 aliphatic heterocycles. The lowest BCUT2D eigenvalue weighted by atomic mass is 10.2. The molecule has 1 heterocycles. The molecule has 2 N–H and O–H groups in total. The Morgan fingerprint density at radius 3 is 2.44 bits per heavy atom. The van der Waals surface area contributed by atoms with E-state index in [2.05, 4.69) is 20.6 Å². The summed E-state index contributed by atoms with van der Waals surface area (Å²) in [6.07, 6.45) is 3.24. The molecule has 0 fully saturated rings. The third-order valence-corrected chi connectivity index (χ3v) is 2.35. The molecule has 0 aliphatic carbocycles. The normalized spacial score (nSPS) is 11.6. The molecule has 0 saturated carbocycles. The molecule has 0 saturated heterocycles. The average molecular weight is 242 g/mol. The van der Waals surface area contributed by atoms with Gasteiger partial charge in [0.15, 0.2) is 0 Å². The molecule has 2 rings (SSSR count). The lowest BCUT2D eigenvalue weighted by Gasteiger charge is -2.13. The van der Waals surface area contributed by atoms with Gasteiger partial charge in [-0.25, -0.2) is 9.97 Å². The zero-order valence-corrected chi connectivity index (χ0v) is 10.00. The number of amides is 1. The van der Waals surface area contributed by atoms with Gasteiger partial charge in [-0.1, -0.05) is 18.2 Å². The summed E-state index contributed by atoms with van der Waals surface area (Å²) in [5, 5.41) is 5.73. The van der Waals surface area contributed by atoms with Gasteiger partial charge < -0.3 is 10.6 Å². The van der Waals surface area contributed by atoms with Crippen molar-refractivity contribution >= 4 is 17.5 Å². The van der Waals surface area contributed by atoms with E-state index in [9.17, 15) is 4.79 Å². The molecule has 1 unspecified atom stereocenters. The molecule has 0 aliphatic rings. The Bertz CT molecular complexity index is 501. The fourth-order valence-electron chi connectivity index (χ4n) is 1.40. The van der Waals surface area contributed by atoms with E-state index in [0.29, 0.717) is 5.95 Å². The monoisotopic (exact) mass is 242 g/mol. The number of rotatable bonds is 4. The van der Waals surface area contributed by atoms with E-state index in [0.717, 1.165) is 5.69 Å². The van der Waals surface area contributed by atoms with E-state index in [4.69, 9.17) is 0 Å². The number of nitrogens with one attached hydrogen (secondary N) is 2. The molecule has 5 nitrogen and oxygen atoms in total. The molecule has 0 spiro atoms. The van der Waals surface area contributed by atoms with Crippen LogP contribution in [0.25, 0.3) is 0 Å². The first-order valence-corrected chi connectivity index (χ1v) is 5.65. The number of nitrogens with zero attached hydrogens (tertiary/aromatic N) is 2. The van der Waals surface area contributed by atoms with Crippen molar-refractivity contribution in [2.45, 2.75) is 13.0 Å². The third-order valence-electron chi connectivity index (χ3n) is 2.35. The Labute approximate surface area is 105 Å². The average Bonchev–Trinajstić information content (AvgIpc) is 2.41. The number of anilines is 2. The number of hydrogen-bond donors (Lipinski definition) is 2. The maximum Gasteiger partial charge on any atom is 0.246 e. The first kappa shape index (κ1) is 12.0. The van der Waals surface area contributed by atoms with E-state index in [1.165, 1.54) is 0 Å². The van der Waals surface area contributed by atoms with Crippen LogP contribution in [0.2, 0.25) is 0 Å². The molecular formula is C13H14N4O. The van der Waals surface area contributed by atoms with Crippen molar-refractivity contribution in [2.75, 3.05) is 10.6 Å². The Balaban J connectivity index is 1.93. The van der Waals surface area contributed by atoms with Crippen molar-refractivity contribution in [3.05, 3.63) is 48.8 Å². The Morgan fingerprint density at radius 2 is 1.78 bits per heavy atom. The highest BCUT2D eigenvalue weighted by Crippen LogP contribution is 2.06. The Hall–Kier alpha value is -2.43. The van der Waals surface area contributed by atoms with Gasteiger partial charge in [-0.2, -0.15) is 0 Å². The maximum absolute atomic E-state index is 11.9. The van der Waals surface area contributed by atoms with E-state index >= 15 is 0 Å². The standard InChI is InChI=1S/C13H14N4O/c1-10(16-13-14-8-5-9-15-13)12(18)17-11-6-3-2-4-7-11/h2-10H,1H3,(H,17,18)(H,14,15,16). The summed E-state index contributed by atoms with van der Waals surface area (Å²) in [6.45, 7) is 1.76. The number of para-hydroxylation sites is 1. The number of aromatic nitrogens is 2. The van der Waals surface area contributed by atoms with Crippen molar-refractivity contribution < 1.29 is 4.79 Å². The highest BCUT2D eigenvalue weighted by atomic mass is 16.2. The largest absolute Gasteiger partial charge is 0.343 e. The Kier molecular flexibility index (Phi) is 3.86. The SMILES string of the molecule is CC(Nc1ncccn1)C(=O)Nc1ccccc1. The van der Waals surface area contributed by atoms with Crippen LogP contribution >= 0.6 is 0 Å². The van der Waals surface area contributed by atoms with Crippen LogP contribution in [0.1, 0.15) is 6.92 Å². The fraction of sp³-hybridized carbons (Fsp3) is 0.154. The van der Waals surface area contributed by atoms with Gasteiger partial charge in [-0.05, 0) is 25.1 Å². The number of carbonyl (C=O) groups is 1. The maximum atomic E-state index is 11.9. The van der Waals surface area contributed by atoms with Crippen LogP contribution < -0.4 is 10.6 Å².